The largest absolute Gasteiger partial charge is 0.383 e. The molecule has 2 nitrogen and oxygen atoms in total. The third kappa shape index (κ3) is 1.49. The summed E-state index contributed by atoms with van der Waals surface area (Å²) in [5, 5.41) is 3.28. The summed E-state index contributed by atoms with van der Waals surface area (Å²) in [6.45, 7) is 1.04. The van der Waals surface area contributed by atoms with Crippen LogP contribution in [0.15, 0.2) is 16.9 Å². The Hall–Kier alpha value is -0.280. The van der Waals surface area contributed by atoms with Crippen LogP contribution in [0.25, 0.3) is 0 Å². The Balaban J connectivity index is 0.000000605. The number of rotatable bonds is 0. The van der Waals surface area contributed by atoms with Crippen LogP contribution in [0.3, 0.4) is 0 Å². The minimum absolute atomic E-state index is 0. The maximum Gasteiger partial charge on any atom is 0.0593 e. The molecule has 2 heterocycles. The van der Waals surface area contributed by atoms with Crippen LogP contribution in [0.5, 0.6) is 0 Å². The first-order chi connectivity index (χ1) is 4.88. The van der Waals surface area contributed by atoms with Crippen LogP contribution in [-0.4, -0.2) is 11.5 Å². The van der Waals surface area contributed by atoms with Crippen molar-refractivity contribution < 1.29 is 0 Å². The van der Waals surface area contributed by atoms with Crippen LogP contribution >= 0.6 is 28.3 Å². The number of hydrogen-bond acceptors (Lipinski definition) is 2. The second-order valence-electron chi connectivity index (χ2n) is 2.33. The molecule has 1 aliphatic heterocycles. The predicted molar refractivity (Wildman–Crippen MR) is 51.4 cm³/mol. The van der Waals surface area contributed by atoms with Gasteiger partial charge in [0.2, 0.25) is 0 Å². The molecule has 4 heteroatoms. The van der Waals surface area contributed by atoms with Crippen LogP contribution in [0.2, 0.25) is 0 Å². The summed E-state index contributed by atoms with van der Waals surface area (Å²) in [7, 11) is 0. The lowest BCUT2D eigenvalue weighted by Crippen LogP contribution is -1.91. The van der Waals surface area contributed by atoms with Crippen molar-refractivity contribution in [1.82, 2.24) is 4.98 Å². The molecule has 0 saturated heterocycles. The van der Waals surface area contributed by atoms with Crippen molar-refractivity contribution in [2.75, 3.05) is 11.9 Å². The molecule has 0 bridgehead atoms. The van der Waals surface area contributed by atoms with Crippen LogP contribution in [0.1, 0.15) is 5.56 Å². The van der Waals surface area contributed by atoms with Crippen molar-refractivity contribution in [3.05, 3.63) is 22.4 Å². The molecule has 0 aliphatic carbocycles. The van der Waals surface area contributed by atoms with Crippen molar-refractivity contribution in [3.63, 3.8) is 0 Å². The van der Waals surface area contributed by atoms with Gasteiger partial charge < -0.3 is 5.32 Å². The topological polar surface area (TPSA) is 24.9 Å². The van der Waals surface area contributed by atoms with E-state index in [9.17, 15) is 0 Å². The first-order valence-corrected chi connectivity index (χ1v) is 4.03. The predicted octanol–water partition coefficient (Wildman–Crippen LogP) is 2.23. The van der Waals surface area contributed by atoms with E-state index in [1.807, 2.05) is 12.4 Å². The number of hydrogen-bond donors (Lipinski definition) is 1. The molecule has 1 aromatic rings. The maximum atomic E-state index is 4.07. The van der Waals surface area contributed by atoms with Gasteiger partial charge in [0.25, 0.3) is 0 Å². The summed E-state index contributed by atoms with van der Waals surface area (Å²) in [4.78, 5) is 4.07. The molecule has 0 aromatic carbocycles. The Morgan fingerprint density at radius 1 is 1.45 bits per heavy atom. The number of anilines is 1. The van der Waals surface area contributed by atoms with Gasteiger partial charge in [-0.1, -0.05) is 0 Å². The molecule has 1 aromatic heterocycles. The SMILES string of the molecule is Brc1cncc2c1NCC2.Cl. The highest BCUT2D eigenvalue weighted by atomic mass is 79.9. The van der Waals surface area contributed by atoms with Gasteiger partial charge in [-0.15, -0.1) is 12.4 Å². The maximum absolute atomic E-state index is 4.07. The van der Waals surface area contributed by atoms with Crippen LogP contribution in [-0.2, 0) is 6.42 Å². The minimum atomic E-state index is 0. The molecule has 60 valence electrons. The summed E-state index contributed by atoms with van der Waals surface area (Å²) in [6, 6.07) is 0. The van der Waals surface area contributed by atoms with Crippen LogP contribution in [0, 0.1) is 0 Å². The van der Waals surface area contributed by atoms with Gasteiger partial charge in [0.15, 0.2) is 0 Å². The Morgan fingerprint density at radius 3 is 3.00 bits per heavy atom. The van der Waals surface area contributed by atoms with Crippen molar-refractivity contribution >= 4 is 34.0 Å². The highest BCUT2D eigenvalue weighted by molar-refractivity contribution is 9.10. The lowest BCUT2D eigenvalue weighted by atomic mass is 10.2. The zero-order valence-corrected chi connectivity index (χ0v) is 8.20. The van der Waals surface area contributed by atoms with Crippen LogP contribution in [0.4, 0.5) is 5.69 Å². The van der Waals surface area contributed by atoms with Crippen molar-refractivity contribution in [3.8, 4) is 0 Å². The summed E-state index contributed by atoms with van der Waals surface area (Å²) in [5.41, 5.74) is 2.53. The highest BCUT2D eigenvalue weighted by Crippen LogP contribution is 2.28. The van der Waals surface area contributed by atoms with Gasteiger partial charge in [-0.25, -0.2) is 0 Å². The van der Waals surface area contributed by atoms with Gasteiger partial charge >= 0.3 is 0 Å². The summed E-state index contributed by atoms with van der Waals surface area (Å²) in [6.07, 6.45) is 4.83. The second kappa shape index (κ2) is 3.41. The molecule has 0 atom stereocenters. The van der Waals surface area contributed by atoms with E-state index in [4.69, 9.17) is 0 Å². The van der Waals surface area contributed by atoms with E-state index in [-0.39, 0.29) is 12.4 Å². The van der Waals surface area contributed by atoms with Gasteiger partial charge in [0.05, 0.1) is 10.2 Å². The second-order valence-corrected chi connectivity index (χ2v) is 3.19. The quantitative estimate of drug-likeness (QED) is 0.746. The van der Waals surface area contributed by atoms with Gasteiger partial charge in [0, 0.05) is 18.9 Å². The Kier molecular flexibility index (Phi) is 2.73. The van der Waals surface area contributed by atoms with Crippen molar-refractivity contribution in [1.29, 1.82) is 0 Å². The first-order valence-electron chi connectivity index (χ1n) is 3.24. The Morgan fingerprint density at radius 2 is 2.27 bits per heavy atom. The van der Waals surface area contributed by atoms with Gasteiger partial charge in [-0.05, 0) is 27.9 Å². The zero-order chi connectivity index (χ0) is 6.97. The number of pyridine rings is 1. The first kappa shape index (κ1) is 8.81. The number of fused-ring (bicyclic) bond motifs is 1. The average molecular weight is 236 g/mol. The van der Waals surface area contributed by atoms with Gasteiger partial charge in [-0.2, -0.15) is 0 Å². The lowest BCUT2D eigenvalue weighted by molar-refractivity contribution is 1.09. The van der Waals surface area contributed by atoms with Gasteiger partial charge in [-0.3, -0.25) is 4.98 Å². The van der Waals surface area contributed by atoms with E-state index in [2.05, 4.69) is 26.2 Å². The smallest absolute Gasteiger partial charge is 0.0593 e. The van der Waals surface area contributed by atoms with E-state index >= 15 is 0 Å². The summed E-state index contributed by atoms with van der Waals surface area (Å²) < 4.78 is 1.07. The molecule has 0 amide bonds. The van der Waals surface area contributed by atoms with E-state index in [0.717, 1.165) is 17.4 Å². The fourth-order valence-electron chi connectivity index (χ4n) is 1.18. The average Bonchev–Trinajstić information content (AvgIpc) is 2.36. The fourth-order valence-corrected chi connectivity index (χ4v) is 1.70. The highest BCUT2D eigenvalue weighted by Gasteiger charge is 2.11. The van der Waals surface area contributed by atoms with Gasteiger partial charge in [0.1, 0.15) is 0 Å². The molecule has 0 fully saturated rings. The normalized spacial score (nSPS) is 13.2. The third-order valence-electron chi connectivity index (χ3n) is 1.67. The van der Waals surface area contributed by atoms with E-state index in [1.54, 1.807) is 0 Å². The van der Waals surface area contributed by atoms with E-state index in [1.165, 1.54) is 11.3 Å². The molecular formula is C7H8BrClN2. The standard InChI is InChI=1S/C7H7BrN2.ClH/c8-6-4-9-3-5-1-2-10-7(5)6;/h3-4,10H,1-2H2;1H. The molecule has 2 rings (SSSR count). The molecular weight excluding hydrogens is 227 g/mol. The van der Waals surface area contributed by atoms with Crippen molar-refractivity contribution in [2.24, 2.45) is 0 Å². The molecule has 11 heavy (non-hydrogen) atoms. The lowest BCUT2D eigenvalue weighted by Gasteiger charge is -1.99. The number of halogens is 2. The Bertz CT molecular complexity index is 265. The molecule has 0 unspecified atom stereocenters. The molecule has 0 spiro atoms. The van der Waals surface area contributed by atoms with E-state index in [0.29, 0.717) is 0 Å². The molecule has 0 radical (unpaired) electrons. The molecule has 0 saturated carbocycles. The van der Waals surface area contributed by atoms with Crippen LogP contribution < -0.4 is 5.32 Å². The summed E-state index contributed by atoms with van der Waals surface area (Å²) in [5.74, 6) is 0. The Labute approximate surface area is 79.9 Å². The fraction of sp³-hybridized carbons (Fsp3) is 0.286. The monoisotopic (exact) mass is 234 g/mol. The zero-order valence-electron chi connectivity index (χ0n) is 5.80. The van der Waals surface area contributed by atoms with E-state index < -0.39 is 0 Å². The molecule has 1 N–H and O–H groups in total. The number of aromatic nitrogens is 1. The number of nitrogens with one attached hydrogen (secondary N) is 1. The molecule has 1 aliphatic rings. The number of nitrogens with zero attached hydrogens (tertiary/aromatic N) is 1. The third-order valence-corrected chi connectivity index (χ3v) is 2.28. The van der Waals surface area contributed by atoms with Crippen molar-refractivity contribution in [2.45, 2.75) is 6.42 Å². The minimum Gasteiger partial charge on any atom is -0.383 e. The summed E-state index contributed by atoms with van der Waals surface area (Å²) >= 11 is 3.42.